The van der Waals surface area contributed by atoms with E-state index < -0.39 is 0 Å². The molecule has 1 saturated carbocycles. The Labute approximate surface area is 62.4 Å². The number of nitrogens with two attached hydrogens (primary N) is 1. The van der Waals surface area contributed by atoms with Gasteiger partial charge in [0.15, 0.2) is 0 Å². The van der Waals surface area contributed by atoms with Crippen molar-refractivity contribution in [3.63, 3.8) is 0 Å². The van der Waals surface area contributed by atoms with Crippen molar-refractivity contribution in [2.45, 2.75) is 25.7 Å². The summed E-state index contributed by atoms with van der Waals surface area (Å²) < 4.78 is 0. The summed E-state index contributed by atoms with van der Waals surface area (Å²) >= 11 is 0. The standard InChI is InChI=1S/C8H16N2/c9-10-4-3-8(6-10)5-7-1-2-7/h7-8H,1-6,9H2/q+1. The van der Waals surface area contributed by atoms with Crippen molar-refractivity contribution in [3.05, 3.63) is 0 Å². The van der Waals surface area contributed by atoms with Crippen molar-refractivity contribution < 1.29 is 0 Å². The summed E-state index contributed by atoms with van der Waals surface area (Å²) in [7, 11) is 0. The highest BCUT2D eigenvalue weighted by molar-refractivity contribution is 4.82. The van der Waals surface area contributed by atoms with Gasteiger partial charge >= 0.3 is 0 Å². The first kappa shape index (κ1) is 6.62. The molecule has 57 valence electrons. The van der Waals surface area contributed by atoms with E-state index in [1.165, 1.54) is 25.7 Å². The first-order valence-corrected chi connectivity index (χ1v) is 4.34. The van der Waals surface area contributed by atoms with Crippen LogP contribution in [-0.4, -0.2) is 13.1 Å². The van der Waals surface area contributed by atoms with Gasteiger partial charge in [-0.3, -0.25) is 0 Å². The van der Waals surface area contributed by atoms with Gasteiger partial charge in [0, 0.05) is 12.3 Å². The zero-order valence-corrected chi connectivity index (χ0v) is 6.42. The number of hydrogen-bond acceptors (Lipinski definition) is 2. The molecule has 1 radical (unpaired) electrons. The van der Waals surface area contributed by atoms with E-state index in [0.717, 1.165) is 24.9 Å². The van der Waals surface area contributed by atoms with Gasteiger partial charge in [-0.15, -0.1) is 5.84 Å². The summed E-state index contributed by atoms with van der Waals surface area (Å²) in [6.07, 6.45) is 5.77. The fourth-order valence-electron chi connectivity index (χ4n) is 1.88. The maximum atomic E-state index is 5.65. The largest absolute Gasteiger partial charge is 0.147 e. The van der Waals surface area contributed by atoms with E-state index >= 15 is 0 Å². The van der Waals surface area contributed by atoms with Gasteiger partial charge in [-0.25, -0.2) is 0 Å². The second-order valence-electron chi connectivity index (χ2n) is 3.83. The van der Waals surface area contributed by atoms with Gasteiger partial charge in [-0.2, -0.15) is 0 Å². The van der Waals surface area contributed by atoms with E-state index in [1.807, 2.05) is 5.01 Å². The molecule has 2 aliphatic rings. The lowest BCUT2D eigenvalue weighted by molar-refractivity contribution is 0.446. The molecule has 1 unspecified atom stereocenters. The van der Waals surface area contributed by atoms with Crippen molar-refractivity contribution >= 4 is 0 Å². The predicted octanol–water partition coefficient (Wildman–Crippen LogP) is 0.820. The predicted molar refractivity (Wildman–Crippen MR) is 41.5 cm³/mol. The fourth-order valence-corrected chi connectivity index (χ4v) is 1.88. The normalized spacial score (nSPS) is 35.1. The van der Waals surface area contributed by atoms with Crippen LogP contribution in [0.4, 0.5) is 0 Å². The van der Waals surface area contributed by atoms with Crippen LogP contribution in [0.1, 0.15) is 25.7 Å². The van der Waals surface area contributed by atoms with Gasteiger partial charge in [0.2, 0.25) is 0 Å². The third-order valence-corrected chi connectivity index (χ3v) is 2.68. The third kappa shape index (κ3) is 1.50. The summed E-state index contributed by atoms with van der Waals surface area (Å²) in [5.74, 6) is 7.66. The highest BCUT2D eigenvalue weighted by Crippen LogP contribution is 2.37. The minimum atomic E-state index is 0.928. The molecular weight excluding hydrogens is 124 g/mol. The van der Waals surface area contributed by atoms with Gasteiger partial charge in [0.1, 0.15) is 13.1 Å². The molecule has 2 rings (SSSR count). The van der Waals surface area contributed by atoms with Crippen LogP contribution in [0.2, 0.25) is 0 Å². The lowest BCUT2D eigenvalue weighted by Crippen LogP contribution is -2.34. The highest BCUT2D eigenvalue weighted by Gasteiger charge is 2.33. The van der Waals surface area contributed by atoms with Crippen LogP contribution in [0.25, 0.3) is 0 Å². The Morgan fingerprint density at radius 2 is 2.00 bits per heavy atom. The Hall–Kier alpha value is -0.0800. The average molecular weight is 140 g/mol. The maximum Gasteiger partial charge on any atom is 0.147 e. The Morgan fingerprint density at radius 3 is 2.50 bits per heavy atom. The van der Waals surface area contributed by atoms with E-state index in [1.54, 1.807) is 0 Å². The van der Waals surface area contributed by atoms with Gasteiger partial charge in [-0.1, -0.05) is 17.9 Å². The van der Waals surface area contributed by atoms with E-state index in [4.69, 9.17) is 5.84 Å². The smallest absolute Gasteiger partial charge is 0.131 e. The second kappa shape index (κ2) is 2.51. The van der Waals surface area contributed by atoms with Crippen molar-refractivity contribution in [1.29, 1.82) is 0 Å². The first-order valence-electron chi connectivity index (χ1n) is 4.34. The van der Waals surface area contributed by atoms with Crippen LogP contribution < -0.4 is 10.9 Å². The Morgan fingerprint density at radius 1 is 1.20 bits per heavy atom. The third-order valence-electron chi connectivity index (χ3n) is 2.68. The van der Waals surface area contributed by atoms with Gasteiger partial charge in [0.25, 0.3) is 0 Å². The van der Waals surface area contributed by atoms with Crippen molar-refractivity contribution in [2.24, 2.45) is 17.7 Å². The molecule has 0 bridgehead atoms. The summed E-state index contributed by atoms with van der Waals surface area (Å²) in [6.45, 7) is 2.27. The van der Waals surface area contributed by atoms with Gasteiger partial charge in [0.05, 0.1) is 0 Å². The molecule has 0 aromatic heterocycles. The highest BCUT2D eigenvalue weighted by atomic mass is 15.4. The van der Waals surface area contributed by atoms with Crippen molar-refractivity contribution in [3.8, 4) is 0 Å². The molecule has 1 saturated heterocycles. The number of hydrazine groups is 1. The number of hydrogen-bond donors (Lipinski definition) is 1. The average Bonchev–Trinajstić information content (AvgIpc) is 2.59. The van der Waals surface area contributed by atoms with Crippen molar-refractivity contribution in [1.82, 2.24) is 5.01 Å². The van der Waals surface area contributed by atoms with Crippen LogP contribution in [0.3, 0.4) is 0 Å². The second-order valence-corrected chi connectivity index (χ2v) is 3.83. The van der Waals surface area contributed by atoms with E-state index in [9.17, 15) is 0 Å². The lowest BCUT2D eigenvalue weighted by Gasteiger charge is -2.01. The molecule has 0 aromatic carbocycles. The SMILES string of the molecule is N[N+]1CCC(CC2CC2)C1. The molecule has 2 N–H and O–H groups in total. The first-order chi connectivity index (χ1) is 4.84. The Balaban J connectivity index is 1.72. The van der Waals surface area contributed by atoms with Crippen LogP contribution >= 0.6 is 0 Å². The van der Waals surface area contributed by atoms with Crippen LogP contribution in [0.5, 0.6) is 0 Å². The van der Waals surface area contributed by atoms with Crippen LogP contribution in [-0.2, 0) is 0 Å². The summed E-state index contributed by atoms with van der Waals surface area (Å²) in [5.41, 5.74) is 0. The maximum absolute atomic E-state index is 5.65. The van der Waals surface area contributed by atoms with Crippen LogP contribution in [0, 0.1) is 11.8 Å². The summed E-state index contributed by atoms with van der Waals surface area (Å²) in [4.78, 5) is 0. The molecule has 10 heavy (non-hydrogen) atoms. The lowest BCUT2D eigenvalue weighted by atomic mass is 10.0. The van der Waals surface area contributed by atoms with E-state index in [2.05, 4.69) is 0 Å². The number of rotatable bonds is 2. The fraction of sp³-hybridized carbons (Fsp3) is 1.00. The van der Waals surface area contributed by atoms with Crippen LogP contribution in [0.15, 0.2) is 0 Å². The minimum absolute atomic E-state index is 0.928. The monoisotopic (exact) mass is 140 g/mol. The van der Waals surface area contributed by atoms with Crippen molar-refractivity contribution in [2.75, 3.05) is 13.1 Å². The quantitative estimate of drug-likeness (QED) is 0.447. The molecule has 0 amide bonds. The topological polar surface area (TPSA) is 31.9 Å². The van der Waals surface area contributed by atoms with E-state index in [0.29, 0.717) is 0 Å². The summed E-state index contributed by atoms with van der Waals surface area (Å²) in [5, 5.41) is 1.97. The van der Waals surface area contributed by atoms with E-state index in [-0.39, 0.29) is 0 Å². The van der Waals surface area contributed by atoms with Gasteiger partial charge in [-0.05, 0) is 12.3 Å². The Bertz CT molecular complexity index is 120. The zero-order chi connectivity index (χ0) is 6.97. The molecule has 2 heteroatoms. The molecule has 0 aromatic rings. The molecule has 2 nitrogen and oxygen atoms in total. The molecule has 1 aliphatic heterocycles. The molecule has 2 fully saturated rings. The number of nitrogens with zero attached hydrogens (tertiary/aromatic N) is 1. The Kier molecular flexibility index (Phi) is 1.66. The minimum Gasteiger partial charge on any atom is -0.131 e. The summed E-state index contributed by atoms with van der Waals surface area (Å²) in [6, 6.07) is 0. The zero-order valence-electron chi connectivity index (χ0n) is 6.42. The molecular formula is C8H16N2+. The molecule has 1 atom stereocenters. The molecule has 1 aliphatic carbocycles. The molecule has 0 spiro atoms. The van der Waals surface area contributed by atoms with Gasteiger partial charge < -0.3 is 0 Å². The molecule has 1 heterocycles.